The van der Waals surface area contributed by atoms with Crippen molar-refractivity contribution in [3.8, 4) is 0 Å². The lowest BCUT2D eigenvalue weighted by Crippen LogP contribution is -2.59. The van der Waals surface area contributed by atoms with Gasteiger partial charge in [-0.15, -0.1) is 0 Å². The van der Waals surface area contributed by atoms with Gasteiger partial charge in [-0.05, 0) is 47.8 Å². The van der Waals surface area contributed by atoms with Gasteiger partial charge in [-0.2, -0.15) is 0 Å². The number of ether oxygens (including phenoxy) is 1. The van der Waals surface area contributed by atoms with Gasteiger partial charge < -0.3 is 14.9 Å². The Morgan fingerprint density at radius 2 is 1.92 bits per heavy atom. The van der Waals surface area contributed by atoms with Crippen molar-refractivity contribution < 1.29 is 19.7 Å². The molecule has 138 valence electrons. The molecule has 4 heteroatoms. The molecule has 0 radical (unpaired) electrons. The molecule has 0 unspecified atom stereocenters. The first kappa shape index (κ1) is 18.4. The molecule has 3 rings (SSSR count). The van der Waals surface area contributed by atoms with Crippen LogP contribution in [0.25, 0.3) is 0 Å². The fourth-order valence-electron chi connectivity index (χ4n) is 5.43. The van der Waals surface area contributed by atoms with Crippen molar-refractivity contribution in [3.63, 3.8) is 0 Å². The number of benzene rings is 1. The first-order valence-corrected chi connectivity index (χ1v) is 9.25. The third kappa shape index (κ3) is 2.53. The van der Waals surface area contributed by atoms with Gasteiger partial charge in [0.1, 0.15) is 6.10 Å². The second-order valence-corrected chi connectivity index (χ2v) is 8.59. The highest BCUT2D eigenvalue weighted by atomic mass is 16.5. The van der Waals surface area contributed by atoms with E-state index in [1.54, 1.807) is 0 Å². The summed E-state index contributed by atoms with van der Waals surface area (Å²) in [5.74, 6) is -0.308. The van der Waals surface area contributed by atoms with Crippen LogP contribution >= 0.6 is 0 Å². The van der Waals surface area contributed by atoms with Crippen LogP contribution in [-0.4, -0.2) is 29.4 Å². The molecule has 2 aliphatic carbocycles. The summed E-state index contributed by atoms with van der Waals surface area (Å²) in [6, 6.07) is 6.23. The van der Waals surface area contributed by atoms with Gasteiger partial charge in [0.05, 0.1) is 18.6 Å². The van der Waals surface area contributed by atoms with E-state index in [0.29, 0.717) is 12.3 Å². The van der Waals surface area contributed by atoms with Crippen molar-refractivity contribution in [1.82, 2.24) is 0 Å². The lowest BCUT2D eigenvalue weighted by atomic mass is 9.48. The van der Waals surface area contributed by atoms with E-state index in [1.807, 2.05) is 13.0 Å². The van der Waals surface area contributed by atoms with E-state index >= 15 is 0 Å². The molecule has 0 saturated heterocycles. The van der Waals surface area contributed by atoms with Crippen molar-refractivity contribution in [1.29, 1.82) is 0 Å². The number of hydrogen-bond acceptors (Lipinski definition) is 4. The Kier molecular flexibility index (Phi) is 4.49. The number of fused-ring (bicyclic) bond motifs is 3. The summed E-state index contributed by atoms with van der Waals surface area (Å²) in [7, 11) is 1.40. The molecule has 1 aromatic rings. The number of rotatable bonds is 2. The molecule has 1 aromatic carbocycles. The van der Waals surface area contributed by atoms with Crippen LogP contribution in [0, 0.1) is 11.3 Å². The normalized spacial score (nSPS) is 37.4. The topological polar surface area (TPSA) is 66.8 Å². The summed E-state index contributed by atoms with van der Waals surface area (Å²) in [6.07, 6.45) is 0.496. The predicted octanol–water partition coefficient (Wildman–Crippen LogP) is 3.46. The minimum atomic E-state index is -0.982. The zero-order chi connectivity index (χ0) is 18.6. The van der Waals surface area contributed by atoms with Crippen molar-refractivity contribution in [2.45, 2.75) is 70.5 Å². The quantitative estimate of drug-likeness (QED) is 0.805. The summed E-state index contributed by atoms with van der Waals surface area (Å²) in [6.45, 7) is 8.24. The molecule has 2 aliphatic rings. The maximum absolute atomic E-state index is 12.6. The summed E-state index contributed by atoms with van der Waals surface area (Å²) < 4.78 is 5.08. The number of carbonyl (C=O) groups is 1. The Balaban J connectivity index is 2.18. The minimum Gasteiger partial charge on any atom is -0.469 e. The van der Waals surface area contributed by atoms with Gasteiger partial charge in [0, 0.05) is 5.92 Å². The Hall–Kier alpha value is -1.39. The lowest BCUT2D eigenvalue weighted by Gasteiger charge is -2.56. The van der Waals surface area contributed by atoms with Crippen LogP contribution in [0.2, 0.25) is 0 Å². The Morgan fingerprint density at radius 1 is 1.24 bits per heavy atom. The zero-order valence-corrected chi connectivity index (χ0v) is 15.9. The van der Waals surface area contributed by atoms with Crippen LogP contribution in [0.5, 0.6) is 0 Å². The Morgan fingerprint density at radius 3 is 2.52 bits per heavy atom. The molecule has 5 atom stereocenters. The molecular formula is C21H30O4. The van der Waals surface area contributed by atoms with Crippen LogP contribution in [-0.2, 0) is 14.9 Å². The summed E-state index contributed by atoms with van der Waals surface area (Å²) in [4.78, 5) is 12.6. The molecule has 0 bridgehead atoms. The molecule has 0 heterocycles. The van der Waals surface area contributed by atoms with Crippen LogP contribution < -0.4 is 0 Å². The number of methoxy groups -OCH3 is 1. The second-order valence-electron chi connectivity index (χ2n) is 8.59. The van der Waals surface area contributed by atoms with Crippen molar-refractivity contribution in [2.75, 3.05) is 7.11 Å². The van der Waals surface area contributed by atoms with Gasteiger partial charge in [-0.25, -0.2) is 0 Å². The number of esters is 1. The fourth-order valence-corrected chi connectivity index (χ4v) is 5.43. The van der Waals surface area contributed by atoms with Gasteiger partial charge in [0.15, 0.2) is 0 Å². The third-order valence-electron chi connectivity index (χ3n) is 6.76. The van der Waals surface area contributed by atoms with Gasteiger partial charge in [0.2, 0.25) is 0 Å². The average Bonchev–Trinajstić information content (AvgIpc) is 2.58. The smallest absolute Gasteiger partial charge is 0.311 e. The average molecular weight is 346 g/mol. The molecule has 1 saturated carbocycles. The SMILES string of the molecule is COC(=O)[C@]1(C)CCC[C@]2(C)c3ccc(C(C)C)cc3[C@H](O)[C@H](O)[C@H]12. The minimum absolute atomic E-state index is 0.295. The zero-order valence-electron chi connectivity index (χ0n) is 15.9. The highest BCUT2D eigenvalue weighted by Gasteiger charge is 2.61. The van der Waals surface area contributed by atoms with E-state index in [2.05, 4.69) is 32.9 Å². The van der Waals surface area contributed by atoms with Gasteiger partial charge in [0.25, 0.3) is 0 Å². The van der Waals surface area contributed by atoms with E-state index in [-0.39, 0.29) is 17.3 Å². The van der Waals surface area contributed by atoms with Crippen LogP contribution in [0.15, 0.2) is 18.2 Å². The van der Waals surface area contributed by atoms with E-state index in [9.17, 15) is 15.0 Å². The highest BCUT2D eigenvalue weighted by Crippen LogP contribution is 2.59. The second kappa shape index (κ2) is 6.10. The Bertz CT molecular complexity index is 682. The lowest BCUT2D eigenvalue weighted by molar-refractivity contribution is -0.175. The van der Waals surface area contributed by atoms with Gasteiger partial charge >= 0.3 is 5.97 Å². The number of aliphatic hydroxyl groups excluding tert-OH is 2. The fraction of sp³-hybridized carbons (Fsp3) is 0.667. The molecule has 0 aromatic heterocycles. The molecule has 0 spiro atoms. The van der Waals surface area contributed by atoms with E-state index in [1.165, 1.54) is 7.11 Å². The molecule has 1 fully saturated rings. The summed E-state index contributed by atoms with van der Waals surface area (Å²) in [5, 5.41) is 21.9. The van der Waals surface area contributed by atoms with E-state index in [4.69, 9.17) is 4.74 Å². The predicted molar refractivity (Wildman–Crippen MR) is 96.3 cm³/mol. The molecule has 4 nitrogen and oxygen atoms in total. The molecular weight excluding hydrogens is 316 g/mol. The van der Waals surface area contributed by atoms with E-state index < -0.39 is 17.6 Å². The molecule has 0 amide bonds. The summed E-state index contributed by atoms with van der Waals surface area (Å²) >= 11 is 0. The Labute approximate surface area is 150 Å². The standard InChI is InChI=1S/C21H30O4/c1-12(2)13-7-8-15-14(11-13)16(22)17(23)18-20(15,3)9-6-10-21(18,4)19(24)25-5/h7-8,11-12,16-18,22-23H,6,9-10H2,1-5H3/t16-,17-,18-,20+,21+/m0/s1. The van der Waals surface area contributed by atoms with Crippen LogP contribution in [0.4, 0.5) is 0 Å². The number of carbonyl (C=O) groups excluding carboxylic acids is 1. The maximum Gasteiger partial charge on any atom is 0.311 e. The third-order valence-corrected chi connectivity index (χ3v) is 6.76. The molecule has 25 heavy (non-hydrogen) atoms. The summed E-state index contributed by atoms with van der Waals surface area (Å²) in [5.41, 5.74) is 1.88. The molecule has 0 aliphatic heterocycles. The monoisotopic (exact) mass is 346 g/mol. The van der Waals surface area contributed by atoms with Crippen molar-refractivity contribution in [3.05, 3.63) is 34.9 Å². The van der Waals surface area contributed by atoms with Gasteiger partial charge in [-0.3, -0.25) is 4.79 Å². The first-order valence-electron chi connectivity index (χ1n) is 9.25. The van der Waals surface area contributed by atoms with Crippen LogP contribution in [0.1, 0.15) is 75.7 Å². The first-order chi connectivity index (χ1) is 11.7. The van der Waals surface area contributed by atoms with Gasteiger partial charge in [-0.1, -0.05) is 45.4 Å². The number of hydrogen-bond donors (Lipinski definition) is 2. The number of aliphatic hydroxyl groups is 2. The van der Waals surface area contributed by atoms with Crippen molar-refractivity contribution >= 4 is 5.97 Å². The molecule has 2 N–H and O–H groups in total. The van der Waals surface area contributed by atoms with Crippen molar-refractivity contribution in [2.24, 2.45) is 11.3 Å². The highest BCUT2D eigenvalue weighted by molar-refractivity contribution is 5.77. The van der Waals surface area contributed by atoms with E-state index in [0.717, 1.165) is 29.5 Å². The maximum atomic E-state index is 12.6. The van der Waals surface area contributed by atoms with Crippen LogP contribution in [0.3, 0.4) is 0 Å². The largest absolute Gasteiger partial charge is 0.469 e.